The lowest BCUT2D eigenvalue weighted by Crippen LogP contribution is -2.19. The first-order valence-electron chi connectivity index (χ1n) is 10.5. The zero-order valence-corrected chi connectivity index (χ0v) is 19.1. The highest BCUT2D eigenvalue weighted by molar-refractivity contribution is 7.68. The van der Waals surface area contributed by atoms with Crippen molar-refractivity contribution in [3.05, 3.63) is 133 Å². The Hall–Kier alpha value is -3.88. The van der Waals surface area contributed by atoms with Crippen LogP contribution in [0.3, 0.4) is 0 Å². The number of rotatable bonds is 8. The van der Waals surface area contributed by atoms with Crippen LogP contribution in [0.25, 0.3) is 5.76 Å². The lowest BCUT2D eigenvalue weighted by Gasteiger charge is -2.21. The van der Waals surface area contributed by atoms with Gasteiger partial charge in [-0.1, -0.05) is 91.0 Å². The molecular weight excluding hydrogens is 429 g/mol. The third kappa shape index (κ3) is 5.88. The van der Waals surface area contributed by atoms with E-state index in [4.69, 9.17) is 9.26 Å². The van der Waals surface area contributed by atoms with E-state index >= 15 is 0 Å². The summed E-state index contributed by atoms with van der Waals surface area (Å²) in [5.41, 5.74) is 1.42. The van der Waals surface area contributed by atoms with Gasteiger partial charge in [0.05, 0.1) is 7.11 Å². The molecule has 33 heavy (non-hydrogen) atoms. The van der Waals surface area contributed by atoms with E-state index in [1.165, 1.54) is 0 Å². The van der Waals surface area contributed by atoms with E-state index < -0.39 is 8.15 Å². The van der Waals surface area contributed by atoms with Crippen LogP contribution in [0, 0.1) is 0 Å². The predicted molar refractivity (Wildman–Crippen MR) is 135 cm³/mol. The quantitative estimate of drug-likeness (QED) is 0.284. The lowest BCUT2D eigenvalue weighted by atomic mass is 10.2. The van der Waals surface area contributed by atoms with Crippen molar-refractivity contribution in [3.63, 3.8) is 0 Å². The molecular formula is C28H24NO3P. The molecule has 0 atom stereocenters. The number of carbonyl (C=O) groups is 1. The molecule has 0 heterocycles. The first-order chi connectivity index (χ1) is 16.2. The van der Waals surface area contributed by atoms with E-state index in [1.54, 1.807) is 37.6 Å². The smallest absolute Gasteiger partial charge is 0.255 e. The summed E-state index contributed by atoms with van der Waals surface area (Å²) in [7, 11) is 0.455. The van der Waals surface area contributed by atoms with E-state index in [-0.39, 0.29) is 5.91 Å². The van der Waals surface area contributed by atoms with Gasteiger partial charge in [0.15, 0.2) is 8.15 Å². The number of hydrogen-bond donors (Lipinski definition) is 1. The molecule has 1 N–H and O–H groups in total. The Labute approximate surface area is 195 Å². The summed E-state index contributed by atoms with van der Waals surface area (Å²) in [5.74, 6) is 1.07. The summed E-state index contributed by atoms with van der Waals surface area (Å²) in [5, 5.41) is 5.06. The topological polar surface area (TPSA) is 47.6 Å². The second-order valence-electron chi connectivity index (χ2n) is 7.13. The van der Waals surface area contributed by atoms with Crippen LogP contribution in [0.5, 0.6) is 5.75 Å². The number of amides is 1. The molecule has 0 saturated heterocycles. The number of carbonyl (C=O) groups excluding carboxylic acids is 1. The standard InChI is InChI=1S/C28H24NO3P/c1-31-24-19-17-23(18-20-24)28(30)29-21-27(22-11-5-2-6-12-22)32-33(25-13-7-3-8-14-25)26-15-9-4-10-16-26/h2-21H,1H3,(H,29,30). The third-order valence-electron chi connectivity index (χ3n) is 4.92. The normalized spacial score (nSPS) is 11.2. The minimum absolute atomic E-state index is 0.224. The van der Waals surface area contributed by atoms with Gasteiger partial charge >= 0.3 is 0 Å². The van der Waals surface area contributed by atoms with Crippen molar-refractivity contribution < 1.29 is 14.1 Å². The van der Waals surface area contributed by atoms with Crippen LogP contribution < -0.4 is 20.7 Å². The zero-order valence-electron chi connectivity index (χ0n) is 18.2. The van der Waals surface area contributed by atoms with E-state index in [9.17, 15) is 4.79 Å². The van der Waals surface area contributed by atoms with E-state index in [2.05, 4.69) is 29.6 Å². The summed E-state index contributed by atoms with van der Waals surface area (Å²) in [4.78, 5) is 12.8. The Bertz CT molecular complexity index is 1150. The van der Waals surface area contributed by atoms with Crippen molar-refractivity contribution in [3.8, 4) is 5.75 Å². The predicted octanol–water partition coefficient (Wildman–Crippen LogP) is 5.49. The van der Waals surface area contributed by atoms with E-state index in [0.717, 1.165) is 16.2 Å². The second-order valence-corrected chi connectivity index (χ2v) is 8.94. The molecule has 4 aromatic rings. The Kier molecular flexibility index (Phi) is 7.52. The fraction of sp³-hybridized carbons (Fsp3) is 0.0357. The molecule has 0 spiro atoms. The van der Waals surface area contributed by atoms with E-state index in [0.29, 0.717) is 17.1 Å². The average Bonchev–Trinajstić information content (AvgIpc) is 2.90. The number of hydrogen-bond acceptors (Lipinski definition) is 3. The van der Waals surface area contributed by atoms with Crippen LogP contribution >= 0.6 is 8.15 Å². The Balaban J connectivity index is 1.65. The molecule has 0 aliphatic rings. The minimum atomic E-state index is -1.14. The van der Waals surface area contributed by atoms with Crippen LogP contribution in [0.15, 0.2) is 121 Å². The van der Waals surface area contributed by atoms with Gasteiger partial charge < -0.3 is 14.6 Å². The molecule has 4 aromatic carbocycles. The number of benzene rings is 4. The SMILES string of the molecule is COc1ccc(C(=O)NC=C(OP(c2ccccc2)c2ccccc2)c2ccccc2)cc1. The molecule has 4 nitrogen and oxygen atoms in total. The summed E-state index contributed by atoms with van der Waals surface area (Å²) >= 11 is 0. The molecule has 0 fully saturated rings. The van der Waals surface area contributed by atoms with Gasteiger partial charge in [0.2, 0.25) is 0 Å². The van der Waals surface area contributed by atoms with Crippen molar-refractivity contribution in [2.45, 2.75) is 0 Å². The molecule has 0 bridgehead atoms. The van der Waals surface area contributed by atoms with Crippen molar-refractivity contribution in [2.24, 2.45) is 0 Å². The highest BCUT2D eigenvalue weighted by atomic mass is 31.1. The van der Waals surface area contributed by atoms with Crippen LogP contribution in [0.4, 0.5) is 0 Å². The number of nitrogens with one attached hydrogen (secondary N) is 1. The number of methoxy groups -OCH3 is 1. The summed E-state index contributed by atoms with van der Waals surface area (Å²) < 4.78 is 11.8. The molecule has 164 valence electrons. The van der Waals surface area contributed by atoms with Gasteiger partial charge in [-0.05, 0) is 24.3 Å². The largest absolute Gasteiger partial charge is 0.497 e. The highest BCUT2D eigenvalue weighted by Crippen LogP contribution is 2.40. The lowest BCUT2D eigenvalue weighted by molar-refractivity contribution is 0.0969. The molecule has 5 heteroatoms. The van der Waals surface area contributed by atoms with Crippen LogP contribution in [-0.4, -0.2) is 13.0 Å². The maximum Gasteiger partial charge on any atom is 0.255 e. The van der Waals surface area contributed by atoms with Gasteiger partial charge in [0.25, 0.3) is 5.91 Å². The average molecular weight is 453 g/mol. The van der Waals surface area contributed by atoms with Crippen LogP contribution in [0.2, 0.25) is 0 Å². The maximum atomic E-state index is 12.8. The van der Waals surface area contributed by atoms with Crippen molar-refractivity contribution in [1.29, 1.82) is 0 Å². The first kappa shape index (κ1) is 22.3. The third-order valence-corrected chi connectivity index (χ3v) is 6.83. The van der Waals surface area contributed by atoms with Crippen molar-refractivity contribution in [2.75, 3.05) is 7.11 Å². The van der Waals surface area contributed by atoms with Crippen molar-refractivity contribution in [1.82, 2.24) is 5.32 Å². The van der Waals surface area contributed by atoms with Gasteiger partial charge in [-0.25, -0.2) is 0 Å². The molecule has 1 amide bonds. The minimum Gasteiger partial charge on any atom is -0.497 e. The molecule has 0 aliphatic carbocycles. The fourth-order valence-corrected chi connectivity index (χ4v) is 4.95. The Morgan fingerprint density at radius 1 is 0.697 bits per heavy atom. The van der Waals surface area contributed by atoms with Crippen LogP contribution in [-0.2, 0) is 4.52 Å². The summed E-state index contributed by atoms with van der Waals surface area (Å²) in [6.07, 6.45) is 1.64. The molecule has 0 aliphatic heterocycles. The number of ether oxygens (including phenoxy) is 1. The fourth-order valence-electron chi connectivity index (χ4n) is 3.20. The first-order valence-corrected chi connectivity index (χ1v) is 11.8. The Morgan fingerprint density at radius 2 is 1.21 bits per heavy atom. The van der Waals surface area contributed by atoms with Crippen molar-refractivity contribution >= 4 is 30.4 Å². The van der Waals surface area contributed by atoms with Gasteiger partial charge in [0, 0.05) is 27.9 Å². The zero-order chi connectivity index (χ0) is 22.9. The van der Waals surface area contributed by atoms with Gasteiger partial charge in [-0.2, -0.15) is 0 Å². The van der Waals surface area contributed by atoms with E-state index in [1.807, 2.05) is 66.7 Å². The van der Waals surface area contributed by atoms with Crippen LogP contribution in [0.1, 0.15) is 15.9 Å². The molecule has 0 aromatic heterocycles. The van der Waals surface area contributed by atoms with Gasteiger partial charge in [0.1, 0.15) is 11.5 Å². The Morgan fingerprint density at radius 3 is 1.73 bits per heavy atom. The van der Waals surface area contributed by atoms with Gasteiger partial charge in [-0.15, -0.1) is 0 Å². The second kappa shape index (κ2) is 11.1. The van der Waals surface area contributed by atoms with Gasteiger partial charge in [-0.3, -0.25) is 4.79 Å². The monoisotopic (exact) mass is 453 g/mol. The summed E-state index contributed by atoms with van der Waals surface area (Å²) in [6.45, 7) is 0. The maximum absolute atomic E-state index is 12.8. The summed E-state index contributed by atoms with van der Waals surface area (Å²) in [6, 6.07) is 37.0. The molecule has 0 unspecified atom stereocenters. The molecule has 4 rings (SSSR count). The molecule has 0 radical (unpaired) electrons. The highest BCUT2D eigenvalue weighted by Gasteiger charge is 2.19. The molecule has 0 saturated carbocycles.